The summed E-state index contributed by atoms with van der Waals surface area (Å²) in [4.78, 5) is 0. The molecule has 2 fully saturated rings. The maximum absolute atomic E-state index is 10.5. The van der Waals surface area contributed by atoms with Gasteiger partial charge in [0, 0.05) is 4.47 Å². The molecule has 2 saturated carbocycles. The molecule has 3 rings (SSSR count). The van der Waals surface area contributed by atoms with Gasteiger partial charge in [0.1, 0.15) is 0 Å². The van der Waals surface area contributed by atoms with Crippen molar-refractivity contribution in [1.29, 1.82) is 0 Å². The Morgan fingerprint density at radius 1 is 1.33 bits per heavy atom. The lowest BCUT2D eigenvalue weighted by atomic mass is 9.99. The summed E-state index contributed by atoms with van der Waals surface area (Å²) in [5, 5.41) is 11.2. The molecular formula is C12H12BrClO. The van der Waals surface area contributed by atoms with Crippen molar-refractivity contribution in [3.05, 3.63) is 33.3 Å². The fourth-order valence-electron chi connectivity index (χ4n) is 3.10. The number of aliphatic hydroxyl groups is 1. The number of rotatable bonds is 1. The molecule has 0 saturated heterocycles. The van der Waals surface area contributed by atoms with Gasteiger partial charge in [-0.15, -0.1) is 0 Å². The van der Waals surface area contributed by atoms with Crippen molar-refractivity contribution in [3.63, 3.8) is 0 Å². The van der Waals surface area contributed by atoms with E-state index in [-0.39, 0.29) is 0 Å². The first-order chi connectivity index (χ1) is 7.14. The first kappa shape index (κ1) is 10.1. The van der Waals surface area contributed by atoms with Gasteiger partial charge in [-0.3, -0.25) is 0 Å². The highest BCUT2D eigenvalue weighted by Gasteiger charge is 2.66. The van der Waals surface area contributed by atoms with E-state index in [0.29, 0.717) is 16.9 Å². The summed E-state index contributed by atoms with van der Waals surface area (Å²) in [5.41, 5.74) is 0.471. The number of fused-ring (bicyclic) bond motifs is 1. The molecule has 1 aromatic rings. The van der Waals surface area contributed by atoms with Gasteiger partial charge in [-0.2, -0.15) is 0 Å². The Balaban J connectivity index is 1.97. The van der Waals surface area contributed by atoms with Crippen LogP contribution in [0.5, 0.6) is 0 Å². The SMILES string of the molecule is OC1(c2ccc(Cl)c(Br)c2)C2CCCC21. The Labute approximate surface area is 103 Å². The van der Waals surface area contributed by atoms with E-state index in [1.54, 1.807) is 0 Å². The third-order valence-electron chi connectivity index (χ3n) is 3.92. The van der Waals surface area contributed by atoms with Crippen LogP contribution in [0.25, 0.3) is 0 Å². The molecule has 1 nitrogen and oxygen atoms in total. The highest BCUT2D eigenvalue weighted by atomic mass is 79.9. The molecule has 1 N–H and O–H groups in total. The summed E-state index contributed by atoms with van der Waals surface area (Å²) in [6, 6.07) is 5.76. The zero-order chi connectivity index (χ0) is 10.6. The Hall–Kier alpha value is -0.0500. The summed E-state index contributed by atoms with van der Waals surface area (Å²) in [6.07, 6.45) is 3.61. The van der Waals surface area contributed by atoms with Crippen molar-refractivity contribution in [3.8, 4) is 0 Å². The summed E-state index contributed by atoms with van der Waals surface area (Å²) in [6.45, 7) is 0. The van der Waals surface area contributed by atoms with Crippen molar-refractivity contribution in [2.75, 3.05) is 0 Å². The quantitative estimate of drug-likeness (QED) is 0.834. The number of benzene rings is 1. The molecule has 0 radical (unpaired) electrons. The molecule has 0 bridgehead atoms. The highest BCUT2D eigenvalue weighted by molar-refractivity contribution is 9.10. The van der Waals surface area contributed by atoms with Gasteiger partial charge in [0.25, 0.3) is 0 Å². The van der Waals surface area contributed by atoms with Crippen LogP contribution < -0.4 is 0 Å². The van der Waals surface area contributed by atoms with E-state index in [1.165, 1.54) is 19.3 Å². The van der Waals surface area contributed by atoms with Crippen LogP contribution >= 0.6 is 27.5 Å². The molecule has 0 aromatic heterocycles. The Morgan fingerprint density at radius 3 is 2.60 bits per heavy atom. The zero-order valence-corrected chi connectivity index (χ0v) is 10.6. The number of hydrogen-bond donors (Lipinski definition) is 1. The lowest BCUT2D eigenvalue weighted by molar-refractivity contribution is 0.105. The third kappa shape index (κ3) is 1.31. The minimum absolute atomic E-state index is 0.491. The van der Waals surface area contributed by atoms with E-state index in [1.807, 2.05) is 18.2 Å². The first-order valence-corrected chi connectivity index (χ1v) is 6.49. The smallest absolute Gasteiger partial charge is 0.0960 e. The van der Waals surface area contributed by atoms with Gasteiger partial charge < -0.3 is 5.11 Å². The van der Waals surface area contributed by atoms with Gasteiger partial charge in [0.05, 0.1) is 10.6 Å². The third-order valence-corrected chi connectivity index (χ3v) is 5.13. The van der Waals surface area contributed by atoms with Gasteiger partial charge in [-0.1, -0.05) is 24.1 Å². The van der Waals surface area contributed by atoms with Crippen molar-refractivity contribution in [1.82, 2.24) is 0 Å². The Bertz CT molecular complexity index is 408. The summed E-state index contributed by atoms with van der Waals surface area (Å²) in [7, 11) is 0. The molecule has 0 heterocycles. The second kappa shape index (κ2) is 3.22. The predicted molar refractivity (Wildman–Crippen MR) is 63.9 cm³/mol. The molecule has 1 aromatic carbocycles. The first-order valence-electron chi connectivity index (χ1n) is 5.32. The maximum atomic E-state index is 10.5. The van der Waals surface area contributed by atoms with Crippen LogP contribution in [0.3, 0.4) is 0 Å². The molecule has 0 aliphatic heterocycles. The second-order valence-electron chi connectivity index (χ2n) is 4.60. The van der Waals surface area contributed by atoms with Crippen molar-refractivity contribution < 1.29 is 5.11 Å². The average Bonchev–Trinajstić information content (AvgIpc) is 2.66. The molecule has 0 spiro atoms. The molecule has 2 atom stereocenters. The van der Waals surface area contributed by atoms with Gasteiger partial charge in [0.2, 0.25) is 0 Å². The predicted octanol–water partition coefficient (Wildman–Crippen LogP) is 3.72. The summed E-state index contributed by atoms with van der Waals surface area (Å²) >= 11 is 9.35. The fourth-order valence-corrected chi connectivity index (χ4v) is 3.59. The van der Waals surface area contributed by atoms with Crippen LogP contribution in [0, 0.1) is 11.8 Å². The summed E-state index contributed by atoms with van der Waals surface area (Å²) in [5.74, 6) is 0.983. The van der Waals surface area contributed by atoms with Crippen LogP contribution in [0.4, 0.5) is 0 Å². The van der Waals surface area contributed by atoms with Crippen LogP contribution in [0.15, 0.2) is 22.7 Å². The van der Waals surface area contributed by atoms with Crippen LogP contribution in [0.2, 0.25) is 5.02 Å². The highest BCUT2D eigenvalue weighted by Crippen LogP contribution is 2.66. The molecule has 2 unspecified atom stereocenters. The van der Waals surface area contributed by atoms with Crippen molar-refractivity contribution in [2.45, 2.75) is 24.9 Å². The maximum Gasteiger partial charge on any atom is 0.0960 e. The fraction of sp³-hybridized carbons (Fsp3) is 0.500. The van der Waals surface area contributed by atoms with Crippen LogP contribution in [-0.2, 0) is 5.60 Å². The number of halogens is 2. The lowest BCUT2D eigenvalue weighted by Crippen LogP contribution is -2.12. The van der Waals surface area contributed by atoms with E-state index in [9.17, 15) is 5.11 Å². The minimum atomic E-state index is -0.550. The summed E-state index contributed by atoms with van der Waals surface area (Å²) < 4.78 is 0.875. The van der Waals surface area contributed by atoms with Gasteiger partial charge in [0.15, 0.2) is 0 Å². The molecule has 0 amide bonds. The largest absolute Gasteiger partial charge is 0.385 e. The normalized spacial score (nSPS) is 37.8. The van der Waals surface area contributed by atoms with Crippen LogP contribution in [-0.4, -0.2) is 5.11 Å². The van der Waals surface area contributed by atoms with E-state index in [0.717, 1.165) is 10.0 Å². The average molecular weight is 288 g/mol. The van der Waals surface area contributed by atoms with Gasteiger partial charge >= 0.3 is 0 Å². The molecule has 80 valence electrons. The number of hydrogen-bond acceptors (Lipinski definition) is 1. The Morgan fingerprint density at radius 2 is 2.00 bits per heavy atom. The Kier molecular flexibility index (Phi) is 2.17. The lowest BCUT2D eigenvalue weighted by Gasteiger charge is -2.15. The zero-order valence-electron chi connectivity index (χ0n) is 8.21. The van der Waals surface area contributed by atoms with E-state index in [4.69, 9.17) is 11.6 Å². The molecule has 15 heavy (non-hydrogen) atoms. The van der Waals surface area contributed by atoms with Crippen LogP contribution in [0.1, 0.15) is 24.8 Å². The van der Waals surface area contributed by atoms with Gasteiger partial charge in [-0.05, 0) is 58.3 Å². The minimum Gasteiger partial charge on any atom is -0.385 e. The topological polar surface area (TPSA) is 20.2 Å². The molecule has 3 heteroatoms. The van der Waals surface area contributed by atoms with Crippen molar-refractivity contribution in [2.24, 2.45) is 11.8 Å². The van der Waals surface area contributed by atoms with Crippen molar-refractivity contribution >= 4 is 27.5 Å². The second-order valence-corrected chi connectivity index (χ2v) is 5.86. The molecule has 2 aliphatic rings. The standard InChI is InChI=1S/C12H12BrClO/c13-10-6-7(4-5-11(10)14)12(15)8-2-1-3-9(8)12/h4-6,8-9,15H,1-3H2. The monoisotopic (exact) mass is 286 g/mol. The van der Waals surface area contributed by atoms with Gasteiger partial charge in [-0.25, -0.2) is 0 Å². The van der Waals surface area contributed by atoms with E-state index < -0.39 is 5.60 Å². The molecular weight excluding hydrogens is 275 g/mol. The molecule has 2 aliphatic carbocycles. The van der Waals surface area contributed by atoms with E-state index in [2.05, 4.69) is 15.9 Å². The van der Waals surface area contributed by atoms with E-state index >= 15 is 0 Å².